The molecule has 0 amide bonds. The van der Waals surface area contributed by atoms with Crippen LogP contribution in [0.2, 0.25) is 0 Å². The third-order valence-electron chi connectivity index (χ3n) is 6.52. The van der Waals surface area contributed by atoms with Crippen LogP contribution in [0.5, 0.6) is 5.75 Å². The number of aromatic nitrogens is 3. The first-order chi connectivity index (χ1) is 14.4. The molecular weight excluding hydrogens is 388 g/mol. The number of rotatable bonds is 5. The third-order valence-corrected chi connectivity index (χ3v) is 6.52. The molecule has 0 atom stereocenters. The Morgan fingerprint density at radius 2 is 1.87 bits per heavy atom. The van der Waals surface area contributed by atoms with Crippen molar-refractivity contribution in [2.45, 2.75) is 63.6 Å². The average Bonchev–Trinajstić information content (AvgIpc) is 3.46. The number of benzene rings is 1. The molecule has 5 rings (SSSR count). The molecule has 2 saturated carbocycles. The van der Waals surface area contributed by atoms with E-state index in [4.69, 9.17) is 4.74 Å². The maximum absolute atomic E-state index is 13.6. The molecule has 2 heterocycles. The number of hydrogen-bond acceptors (Lipinski definition) is 4. The van der Waals surface area contributed by atoms with E-state index in [9.17, 15) is 13.9 Å². The molecule has 1 aromatic carbocycles. The zero-order chi connectivity index (χ0) is 20.9. The Morgan fingerprint density at radius 3 is 2.57 bits per heavy atom. The smallest absolute Gasteiger partial charge is 0.167 e. The molecule has 5 nitrogen and oxygen atoms in total. The second-order valence-corrected chi connectivity index (χ2v) is 8.74. The van der Waals surface area contributed by atoms with Gasteiger partial charge in [-0.3, -0.25) is 4.40 Å². The number of fused-ring (bicyclic) bond motifs is 1. The first kappa shape index (κ1) is 19.4. The lowest BCUT2D eigenvalue weighted by Crippen LogP contribution is -2.35. The number of nitrogens with zero attached hydrogens (tertiary/aromatic N) is 3. The predicted molar refractivity (Wildman–Crippen MR) is 107 cm³/mol. The second-order valence-electron chi connectivity index (χ2n) is 8.74. The number of pyridine rings is 1. The van der Waals surface area contributed by atoms with Gasteiger partial charge >= 0.3 is 0 Å². The minimum Gasteiger partial charge on any atom is -0.490 e. The maximum Gasteiger partial charge on any atom is 0.167 e. The summed E-state index contributed by atoms with van der Waals surface area (Å²) in [6, 6.07) is 5.58. The number of halogens is 2. The summed E-state index contributed by atoms with van der Waals surface area (Å²) in [5.41, 5.74) is 1.04. The van der Waals surface area contributed by atoms with Crippen LogP contribution >= 0.6 is 0 Å². The molecule has 0 bridgehead atoms. The average molecular weight is 413 g/mol. The summed E-state index contributed by atoms with van der Waals surface area (Å²) in [5, 5.41) is 19.7. The highest BCUT2D eigenvalue weighted by Gasteiger charge is 2.36. The molecular formula is C23H25F2N3O2. The van der Waals surface area contributed by atoms with Crippen molar-refractivity contribution in [3.63, 3.8) is 0 Å². The maximum atomic E-state index is 13.6. The molecule has 2 aliphatic rings. The van der Waals surface area contributed by atoms with Crippen molar-refractivity contribution in [2.24, 2.45) is 5.92 Å². The van der Waals surface area contributed by atoms with Gasteiger partial charge in [0.15, 0.2) is 17.3 Å². The summed E-state index contributed by atoms with van der Waals surface area (Å²) in [7, 11) is 0. The Labute approximate surface area is 173 Å². The lowest BCUT2D eigenvalue weighted by molar-refractivity contribution is -0.0306. The lowest BCUT2D eigenvalue weighted by Gasteiger charge is -2.36. The van der Waals surface area contributed by atoms with Crippen LogP contribution in [0.3, 0.4) is 0 Å². The van der Waals surface area contributed by atoms with E-state index >= 15 is 0 Å². The fraction of sp³-hybridized carbons (Fsp3) is 0.478. The quantitative estimate of drug-likeness (QED) is 0.670. The minimum atomic E-state index is -1.15. The Balaban J connectivity index is 1.28. The van der Waals surface area contributed by atoms with E-state index in [1.165, 1.54) is 18.9 Å². The van der Waals surface area contributed by atoms with Gasteiger partial charge in [-0.15, -0.1) is 10.2 Å². The Kier molecular flexibility index (Phi) is 4.73. The highest BCUT2D eigenvalue weighted by atomic mass is 19.2. The van der Waals surface area contributed by atoms with Gasteiger partial charge in [0.25, 0.3) is 0 Å². The molecule has 0 saturated heterocycles. The fourth-order valence-corrected chi connectivity index (χ4v) is 4.40. The monoisotopic (exact) mass is 413 g/mol. The fourth-order valence-electron chi connectivity index (χ4n) is 4.40. The molecule has 0 spiro atoms. The van der Waals surface area contributed by atoms with Gasteiger partial charge in [0, 0.05) is 18.2 Å². The van der Waals surface area contributed by atoms with Gasteiger partial charge in [0.05, 0.1) is 11.7 Å². The zero-order valence-corrected chi connectivity index (χ0v) is 16.9. The van der Waals surface area contributed by atoms with Crippen LogP contribution < -0.4 is 4.74 Å². The van der Waals surface area contributed by atoms with E-state index in [-0.39, 0.29) is 6.10 Å². The summed E-state index contributed by atoms with van der Waals surface area (Å²) < 4.78 is 35.1. The zero-order valence-electron chi connectivity index (χ0n) is 16.9. The molecule has 3 aromatic rings. The first-order valence-corrected chi connectivity index (χ1v) is 10.6. The van der Waals surface area contributed by atoms with Gasteiger partial charge in [-0.05, 0) is 75.1 Å². The number of hydrogen-bond donors (Lipinski definition) is 1. The van der Waals surface area contributed by atoms with Crippen molar-refractivity contribution in [2.75, 3.05) is 0 Å². The molecule has 2 aliphatic carbocycles. The lowest BCUT2D eigenvalue weighted by atomic mass is 9.78. The van der Waals surface area contributed by atoms with Gasteiger partial charge < -0.3 is 9.84 Å². The Hall–Kier alpha value is -2.54. The van der Waals surface area contributed by atoms with Crippen molar-refractivity contribution in [3.8, 4) is 5.75 Å². The molecule has 2 fully saturated rings. The van der Waals surface area contributed by atoms with Crippen LogP contribution in [0.4, 0.5) is 8.78 Å². The van der Waals surface area contributed by atoms with E-state index in [0.29, 0.717) is 31.2 Å². The summed E-state index contributed by atoms with van der Waals surface area (Å²) in [4.78, 5) is 0. The predicted octanol–water partition coefficient (Wildman–Crippen LogP) is 4.48. The first-order valence-electron chi connectivity index (χ1n) is 10.6. The SMILES string of the molecule is Cc1c(OC2CCC(O)(c3ccc(F)c(F)c3)CC2)ccn2c(CC3CC3)nnc12. The molecule has 30 heavy (non-hydrogen) atoms. The van der Waals surface area contributed by atoms with Crippen LogP contribution in [0, 0.1) is 24.5 Å². The molecule has 0 aliphatic heterocycles. The van der Waals surface area contributed by atoms with Gasteiger partial charge in [-0.1, -0.05) is 6.07 Å². The number of ether oxygens (including phenoxy) is 1. The van der Waals surface area contributed by atoms with E-state index in [0.717, 1.165) is 47.3 Å². The number of aryl methyl sites for hydroxylation is 1. The molecule has 158 valence electrons. The van der Waals surface area contributed by atoms with Crippen LogP contribution in [0.25, 0.3) is 5.65 Å². The number of aliphatic hydroxyl groups is 1. The van der Waals surface area contributed by atoms with Crippen molar-refractivity contribution in [1.29, 1.82) is 0 Å². The van der Waals surface area contributed by atoms with E-state index in [1.54, 1.807) is 0 Å². The summed E-state index contributed by atoms with van der Waals surface area (Å²) in [5.74, 6) is 0.674. The standard InChI is InChI=1S/C23H25F2N3O2/c1-14-20(8-11-28-21(12-15-2-3-15)26-27-22(14)28)30-17-6-9-23(29,10-7-17)16-4-5-18(24)19(25)13-16/h4-5,8,11,13,15,17,29H,2-3,6-7,9-10,12H2,1H3. The van der Waals surface area contributed by atoms with Crippen molar-refractivity contribution >= 4 is 5.65 Å². The van der Waals surface area contributed by atoms with Crippen LogP contribution in [0.15, 0.2) is 30.5 Å². The Morgan fingerprint density at radius 1 is 1.10 bits per heavy atom. The van der Waals surface area contributed by atoms with Crippen LogP contribution in [-0.2, 0) is 12.0 Å². The van der Waals surface area contributed by atoms with Gasteiger partial charge in [-0.2, -0.15) is 0 Å². The summed E-state index contributed by atoms with van der Waals surface area (Å²) in [6.45, 7) is 1.99. The minimum absolute atomic E-state index is 0.0504. The van der Waals surface area contributed by atoms with E-state index in [1.807, 2.05) is 23.6 Å². The third kappa shape index (κ3) is 3.55. The van der Waals surface area contributed by atoms with Gasteiger partial charge in [-0.25, -0.2) is 8.78 Å². The highest BCUT2D eigenvalue weighted by molar-refractivity contribution is 5.54. The molecule has 0 radical (unpaired) electrons. The Bertz CT molecular complexity index is 1090. The molecule has 7 heteroatoms. The molecule has 2 aromatic heterocycles. The molecule has 1 N–H and O–H groups in total. The second kappa shape index (κ2) is 7.30. The normalized spacial score (nSPS) is 24.3. The topological polar surface area (TPSA) is 59.7 Å². The van der Waals surface area contributed by atoms with E-state index in [2.05, 4.69) is 10.2 Å². The van der Waals surface area contributed by atoms with E-state index < -0.39 is 17.2 Å². The highest BCUT2D eigenvalue weighted by Crippen LogP contribution is 2.39. The molecule has 0 unspecified atom stereocenters. The van der Waals surface area contributed by atoms with Crippen molar-refractivity contribution in [1.82, 2.24) is 14.6 Å². The summed E-state index contributed by atoms with van der Waals surface area (Å²) in [6.07, 6.45) is 7.54. The van der Waals surface area contributed by atoms with Crippen LogP contribution in [0.1, 0.15) is 55.5 Å². The van der Waals surface area contributed by atoms with Crippen molar-refractivity contribution in [3.05, 3.63) is 59.0 Å². The largest absolute Gasteiger partial charge is 0.490 e. The van der Waals surface area contributed by atoms with Gasteiger partial charge in [0.1, 0.15) is 11.6 Å². The van der Waals surface area contributed by atoms with Gasteiger partial charge in [0.2, 0.25) is 0 Å². The summed E-state index contributed by atoms with van der Waals surface area (Å²) >= 11 is 0. The van der Waals surface area contributed by atoms with Crippen LogP contribution in [-0.4, -0.2) is 25.8 Å². The van der Waals surface area contributed by atoms with Crippen molar-refractivity contribution < 1.29 is 18.6 Å².